The van der Waals surface area contributed by atoms with Crippen LogP contribution in [-0.4, -0.2) is 32.6 Å². The molecule has 172 valence electrons. The molecule has 3 aromatic rings. The van der Waals surface area contributed by atoms with Crippen LogP contribution in [-0.2, 0) is 0 Å². The number of halogens is 3. The maximum absolute atomic E-state index is 13.1. The first-order chi connectivity index (χ1) is 15.7. The molecule has 1 atom stereocenters. The summed E-state index contributed by atoms with van der Waals surface area (Å²) >= 11 is 0. The standard InChI is InChI=1S/C23H23F3N6O/c1-14-4-2-3-5-17(12-23(24,25)26)21(30-14)31-22(33)16-8-6-15(7-9-16)18-19-20(27)28-10-11-32(19)13-29-18/h6-13,21,30H,1-5H2,(H2,27,28)(H,31,33)/b17-12+. The molecule has 0 spiro atoms. The number of hydrogen-bond acceptors (Lipinski definition) is 5. The quantitative estimate of drug-likeness (QED) is 0.514. The maximum atomic E-state index is 13.1. The number of amides is 1. The number of aromatic nitrogens is 3. The van der Waals surface area contributed by atoms with Gasteiger partial charge in [-0.15, -0.1) is 0 Å². The minimum Gasteiger partial charge on any atom is -0.382 e. The van der Waals surface area contributed by atoms with E-state index in [2.05, 4.69) is 27.2 Å². The Labute approximate surface area is 188 Å². The largest absolute Gasteiger partial charge is 0.409 e. The molecule has 10 heteroatoms. The van der Waals surface area contributed by atoms with Crippen LogP contribution in [0.25, 0.3) is 16.8 Å². The third-order valence-corrected chi connectivity index (χ3v) is 5.44. The number of imidazole rings is 1. The molecule has 1 aliphatic heterocycles. The molecule has 33 heavy (non-hydrogen) atoms. The second-order valence-electron chi connectivity index (χ2n) is 7.86. The van der Waals surface area contributed by atoms with Crippen molar-refractivity contribution >= 4 is 17.2 Å². The van der Waals surface area contributed by atoms with E-state index < -0.39 is 18.2 Å². The first-order valence-corrected chi connectivity index (χ1v) is 10.4. The Kier molecular flexibility index (Phi) is 6.08. The van der Waals surface area contributed by atoms with Crippen LogP contribution < -0.4 is 16.4 Å². The Morgan fingerprint density at radius 2 is 1.94 bits per heavy atom. The highest BCUT2D eigenvalue weighted by Crippen LogP contribution is 2.27. The Bertz CT molecular complexity index is 1210. The molecule has 1 fully saturated rings. The van der Waals surface area contributed by atoms with Gasteiger partial charge in [0, 0.05) is 35.3 Å². The monoisotopic (exact) mass is 456 g/mol. The Morgan fingerprint density at radius 3 is 2.67 bits per heavy atom. The second kappa shape index (κ2) is 8.97. The molecular weight excluding hydrogens is 433 g/mol. The number of nitrogens with two attached hydrogens (primary N) is 1. The molecule has 1 amide bonds. The van der Waals surface area contributed by atoms with E-state index in [1.807, 2.05) is 0 Å². The highest BCUT2D eigenvalue weighted by Gasteiger charge is 2.29. The van der Waals surface area contributed by atoms with Crippen molar-refractivity contribution in [3.8, 4) is 11.3 Å². The number of nitrogen functional groups attached to an aromatic ring is 1. The molecule has 0 bridgehead atoms. The van der Waals surface area contributed by atoms with Crippen LogP contribution in [0.15, 0.2) is 66.9 Å². The van der Waals surface area contributed by atoms with Gasteiger partial charge in [-0.3, -0.25) is 4.79 Å². The summed E-state index contributed by atoms with van der Waals surface area (Å²) in [5, 5.41) is 5.59. The molecule has 1 unspecified atom stereocenters. The molecule has 2 aromatic heterocycles. The Morgan fingerprint density at radius 1 is 1.21 bits per heavy atom. The average Bonchev–Trinajstić information content (AvgIpc) is 3.19. The first-order valence-electron chi connectivity index (χ1n) is 10.4. The number of nitrogens with one attached hydrogen (secondary N) is 2. The van der Waals surface area contributed by atoms with E-state index in [4.69, 9.17) is 5.73 Å². The van der Waals surface area contributed by atoms with Gasteiger partial charge in [-0.05, 0) is 43.4 Å². The van der Waals surface area contributed by atoms with Crippen molar-refractivity contribution in [2.45, 2.75) is 38.0 Å². The lowest BCUT2D eigenvalue weighted by atomic mass is 9.99. The maximum Gasteiger partial charge on any atom is 0.409 e. The van der Waals surface area contributed by atoms with Crippen LogP contribution in [0.2, 0.25) is 0 Å². The smallest absolute Gasteiger partial charge is 0.382 e. The summed E-state index contributed by atoms with van der Waals surface area (Å²) in [6.45, 7) is 3.85. The number of nitrogens with zero attached hydrogens (tertiary/aromatic N) is 3. The summed E-state index contributed by atoms with van der Waals surface area (Å²) in [4.78, 5) is 21.3. The zero-order valence-corrected chi connectivity index (χ0v) is 17.7. The van der Waals surface area contributed by atoms with Crippen LogP contribution in [0.4, 0.5) is 19.0 Å². The van der Waals surface area contributed by atoms with Gasteiger partial charge in [0.05, 0.1) is 5.69 Å². The van der Waals surface area contributed by atoms with E-state index in [1.54, 1.807) is 47.4 Å². The van der Waals surface area contributed by atoms with Gasteiger partial charge in [-0.25, -0.2) is 9.97 Å². The minimum absolute atomic E-state index is 0.0702. The predicted molar refractivity (Wildman–Crippen MR) is 119 cm³/mol. The van der Waals surface area contributed by atoms with Crippen molar-refractivity contribution in [3.05, 3.63) is 72.5 Å². The van der Waals surface area contributed by atoms with Gasteiger partial charge in [0.1, 0.15) is 23.8 Å². The summed E-state index contributed by atoms with van der Waals surface area (Å²) in [7, 11) is 0. The van der Waals surface area contributed by atoms with E-state index >= 15 is 0 Å². The Balaban J connectivity index is 1.57. The lowest BCUT2D eigenvalue weighted by Crippen LogP contribution is -2.47. The fourth-order valence-corrected chi connectivity index (χ4v) is 3.85. The summed E-state index contributed by atoms with van der Waals surface area (Å²) < 4.78 is 40.9. The molecule has 4 rings (SSSR count). The molecule has 1 saturated heterocycles. The number of rotatable bonds is 3. The van der Waals surface area contributed by atoms with Crippen LogP contribution in [0.5, 0.6) is 0 Å². The predicted octanol–water partition coefficient (Wildman–Crippen LogP) is 4.20. The summed E-state index contributed by atoms with van der Waals surface area (Å²) in [6, 6.07) is 6.60. The third kappa shape index (κ3) is 5.16. The van der Waals surface area contributed by atoms with E-state index in [0.29, 0.717) is 41.1 Å². The van der Waals surface area contributed by atoms with Crippen LogP contribution in [0, 0.1) is 0 Å². The van der Waals surface area contributed by atoms with Crippen molar-refractivity contribution in [3.63, 3.8) is 0 Å². The fourth-order valence-electron chi connectivity index (χ4n) is 3.85. The number of anilines is 1. The SMILES string of the molecule is C=C1CCCC/C(=C\C(F)(F)F)C(NC(=O)c2ccc(-c3ncn4ccnc(N)c34)cc2)N1. The van der Waals surface area contributed by atoms with Crippen molar-refractivity contribution in [1.82, 2.24) is 25.0 Å². The first kappa shape index (κ1) is 22.4. The van der Waals surface area contributed by atoms with Crippen LogP contribution in [0.1, 0.15) is 36.0 Å². The number of allylic oxidation sites excluding steroid dienone is 2. The summed E-state index contributed by atoms with van der Waals surface area (Å²) in [5.74, 6) is -0.178. The van der Waals surface area contributed by atoms with Crippen molar-refractivity contribution in [2.75, 3.05) is 5.73 Å². The van der Waals surface area contributed by atoms with Gasteiger partial charge in [0.25, 0.3) is 5.91 Å². The third-order valence-electron chi connectivity index (χ3n) is 5.44. The lowest BCUT2D eigenvalue weighted by Gasteiger charge is -2.28. The van der Waals surface area contributed by atoms with Gasteiger partial charge in [-0.2, -0.15) is 13.2 Å². The molecule has 1 aromatic carbocycles. The number of benzene rings is 1. The highest BCUT2D eigenvalue weighted by molar-refractivity contribution is 5.95. The van der Waals surface area contributed by atoms with Gasteiger partial charge >= 0.3 is 6.18 Å². The number of fused-ring (bicyclic) bond motifs is 1. The van der Waals surface area contributed by atoms with Crippen molar-refractivity contribution < 1.29 is 18.0 Å². The fraction of sp³-hybridized carbons (Fsp3) is 0.261. The summed E-state index contributed by atoms with van der Waals surface area (Å²) in [5.41, 5.74) is 8.92. The Hall–Kier alpha value is -3.82. The summed E-state index contributed by atoms with van der Waals surface area (Å²) in [6.07, 6.45) is 1.88. The van der Waals surface area contributed by atoms with E-state index in [-0.39, 0.29) is 18.1 Å². The second-order valence-corrected chi connectivity index (χ2v) is 7.86. The van der Waals surface area contributed by atoms with Gasteiger partial charge < -0.3 is 20.8 Å². The number of hydrogen-bond donors (Lipinski definition) is 3. The van der Waals surface area contributed by atoms with Crippen LogP contribution in [0.3, 0.4) is 0 Å². The van der Waals surface area contributed by atoms with Gasteiger partial charge in [-0.1, -0.05) is 18.7 Å². The number of carbonyl (C=O) groups excluding carboxylic acids is 1. The molecule has 0 saturated carbocycles. The van der Waals surface area contributed by atoms with Crippen LogP contribution >= 0.6 is 0 Å². The zero-order chi connectivity index (χ0) is 23.6. The lowest BCUT2D eigenvalue weighted by molar-refractivity contribution is -0.0810. The molecule has 4 N–H and O–H groups in total. The van der Waals surface area contributed by atoms with Crippen molar-refractivity contribution in [1.29, 1.82) is 0 Å². The van der Waals surface area contributed by atoms with E-state index in [0.717, 1.165) is 12.0 Å². The molecule has 7 nitrogen and oxygen atoms in total. The van der Waals surface area contributed by atoms with Gasteiger partial charge in [0.15, 0.2) is 0 Å². The molecule has 1 aliphatic rings. The molecule has 0 aliphatic carbocycles. The molecular formula is C23H23F3N6O. The molecule has 0 radical (unpaired) electrons. The average molecular weight is 456 g/mol. The highest BCUT2D eigenvalue weighted by atomic mass is 19.4. The number of alkyl halides is 3. The van der Waals surface area contributed by atoms with E-state index in [1.165, 1.54) is 0 Å². The zero-order valence-electron chi connectivity index (χ0n) is 17.7. The topological polar surface area (TPSA) is 97.3 Å². The normalized spacial score (nSPS) is 18.6. The minimum atomic E-state index is -4.48. The van der Waals surface area contributed by atoms with E-state index in [9.17, 15) is 18.0 Å². The van der Waals surface area contributed by atoms with Gasteiger partial charge in [0.2, 0.25) is 0 Å². The number of carbonyl (C=O) groups is 1. The van der Waals surface area contributed by atoms with Crippen molar-refractivity contribution in [2.24, 2.45) is 0 Å². The molecule has 3 heterocycles.